The molecule has 1 amide bonds. The lowest BCUT2D eigenvalue weighted by Crippen LogP contribution is -2.42. The topological polar surface area (TPSA) is 49.9 Å². The molecule has 0 unspecified atom stereocenters. The lowest BCUT2D eigenvalue weighted by molar-refractivity contribution is -0.144. The Morgan fingerprint density at radius 1 is 1.03 bits per heavy atom. The van der Waals surface area contributed by atoms with Gasteiger partial charge in [0.15, 0.2) is 0 Å². The van der Waals surface area contributed by atoms with E-state index in [1.54, 1.807) is 11.8 Å². The molecule has 0 radical (unpaired) electrons. The van der Waals surface area contributed by atoms with Gasteiger partial charge in [-0.15, -0.1) is 0 Å². The fourth-order valence-electron chi connectivity index (χ4n) is 4.26. The van der Waals surface area contributed by atoms with Gasteiger partial charge in [-0.2, -0.15) is 13.2 Å². The van der Waals surface area contributed by atoms with Crippen molar-refractivity contribution in [3.05, 3.63) is 71.3 Å². The van der Waals surface area contributed by atoms with E-state index in [0.29, 0.717) is 12.1 Å². The molecule has 2 aromatic carbocycles. The molecule has 1 aliphatic rings. The lowest BCUT2D eigenvalue weighted by atomic mass is 10.0. The minimum Gasteiger partial charge on any atom is -0.466 e. The molecule has 5 nitrogen and oxygen atoms in total. The highest BCUT2D eigenvalue weighted by atomic mass is 19.4. The van der Waals surface area contributed by atoms with E-state index in [1.165, 1.54) is 12.1 Å². The van der Waals surface area contributed by atoms with Crippen molar-refractivity contribution in [2.45, 2.75) is 44.8 Å². The van der Waals surface area contributed by atoms with Gasteiger partial charge < -0.3 is 14.5 Å². The molecular weight excluding hydrogens is 445 g/mol. The monoisotopic (exact) mass is 476 g/mol. The molecule has 1 saturated heterocycles. The Kier molecular flexibility index (Phi) is 9.10. The summed E-state index contributed by atoms with van der Waals surface area (Å²) in [7, 11) is 0. The zero-order valence-corrected chi connectivity index (χ0v) is 19.4. The SMILES string of the molecule is CCOC(=O)CCN(C(=O)Cc1ccc(C(F)(F)F)cc1)[C@H](CN1CCCC1)c1ccccc1. The van der Waals surface area contributed by atoms with Crippen LogP contribution in [0.1, 0.15) is 48.9 Å². The maximum atomic E-state index is 13.5. The Balaban J connectivity index is 1.84. The highest BCUT2D eigenvalue weighted by Gasteiger charge is 2.31. The van der Waals surface area contributed by atoms with Gasteiger partial charge in [0.2, 0.25) is 5.91 Å². The summed E-state index contributed by atoms with van der Waals surface area (Å²) in [5.41, 5.74) is 0.699. The summed E-state index contributed by atoms with van der Waals surface area (Å²) in [5, 5.41) is 0. The molecule has 1 atom stereocenters. The first-order valence-electron chi connectivity index (χ1n) is 11.7. The van der Waals surface area contributed by atoms with E-state index in [-0.39, 0.29) is 43.9 Å². The van der Waals surface area contributed by atoms with Crippen LogP contribution in [-0.2, 0) is 26.9 Å². The summed E-state index contributed by atoms with van der Waals surface area (Å²) in [4.78, 5) is 29.6. The van der Waals surface area contributed by atoms with Crippen LogP contribution in [-0.4, -0.2) is 54.5 Å². The van der Waals surface area contributed by atoms with Crippen molar-refractivity contribution in [1.29, 1.82) is 0 Å². The molecule has 0 aliphatic carbocycles. The van der Waals surface area contributed by atoms with Gasteiger partial charge in [0, 0.05) is 13.1 Å². The number of ether oxygens (including phenoxy) is 1. The van der Waals surface area contributed by atoms with Gasteiger partial charge in [0.05, 0.1) is 31.1 Å². The lowest BCUT2D eigenvalue weighted by Gasteiger charge is -2.35. The van der Waals surface area contributed by atoms with Crippen molar-refractivity contribution in [2.75, 3.05) is 32.8 Å². The van der Waals surface area contributed by atoms with Crippen molar-refractivity contribution < 1.29 is 27.5 Å². The van der Waals surface area contributed by atoms with Crippen LogP contribution in [0.15, 0.2) is 54.6 Å². The summed E-state index contributed by atoms with van der Waals surface area (Å²) in [6.45, 7) is 4.68. The summed E-state index contributed by atoms with van der Waals surface area (Å²) in [6.07, 6.45) is -2.23. The van der Waals surface area contributed by atoms with Crippen LogP contribution < -0.4 is 0 Å². The average Bonchev–Trinajstić information content (AvgIpc) is 3.32. The van der Waals surface area contributed by atoms with Crippen LogP contribution in [0, 0.1) is 0 Å². The first-order valence-corrected chi connectivity index (χ1v) is 11.7. The Bertz CT molecular complexity index is 927. The predicted octanol–water partition coefficient (Wildman–Crippen LogP) is 4.87. The van der Waals surface area contributed by atoms with Gasteiger partial charge in [0.1, 0.15) is 0 Å². The third kappa shape index (κ3) is 7.32. The number of halogens is 3. The van der Waals surface area contributed by atoms with Gasteiger partial charge in [0.25, 0.3) is 0 Å². The van der Waals surface area contributed by atoms with E-state index >= 15 is 0 Å². The van der Waals surface area contributed by atoms with Crippen molar-refractivity contribution in [3.63, 3.8) is 0 Å². The van der Waals surface area contributed by atoms with Crippen LogP contribution in [0.3, 0.4) is 0 Å². The average molecular weight is 477 g/mol. The third-order valence-electron chi connectivity index (χ3n) is 6.01. The normalized spacial score (nSPS) is 15.2. The van der Waals surface area contributed by atoms with E-state index < -0.39 is 11.7 Å². The van der Waals surface area contributed by atoms with Gasteiger partial charge in [-0.25, -0.2) is 0 Å². The van der Waals surface area contributed by atoms with E-state index in [9.17, 15) is 22.8 Å². The number of carbonyl (C=O) groups excluding carboxylic acids is 2. The maximum absolute atomic E-state index is 13.5. The number of benzene rings is 2. The number of likely N-dealkylation sites (tertiary alicyclic amines) is 1. The van der Waals surface area contributed by atoms with Crippen LogP contribution in [0.5, 0.6) is 0 Å². The summed E-state index contributed by atoms with van der Waals surface area (Å²) in [5.74, 6) is -0.625. The molecule has 0 N–H and O–H groups in total. The van der Waals surface area contributed by atoms with E-state index in [4.69, 9.17) is 4.74 Å². The molecule has 0 saturated carbocycles. The van der Waals surface area contributed by atoms with Gasteiger partial charge in [-0.1, -0.05) is 42.5 Å². The number of amides is 1. The van der Waals surface area contributed by atoms with Crippen LogP contribution in [0.4, 0.5) is 13.2 Å². The summed E-state index contributed by atoms with van der Waals surface area (Å²) < 4.78 is 43.8. The number of nitrogens with zero attached hydrogens (tertiary/aromatic N) is 2. The van der Waals surface area contributed by atoms with Crippen LogP contribution >= 0.6 is 0 Å². The molecule has 8 heteroatoms. The fraction of sp³-hybridized carbons (Fsp3) is 0.462. The number of hydrogen-bond acceptors (Lipinski definition) is 4. The van der Waals surface area contributed by atoms with E-state index in [2.05, 4.69) is 4.90 Å². The number of carbonyl (C=O) groups is 2. The first-order chi connectivity index (χ1) is 16.3. The van der Waals surface area contributed by atoms with Crippen LogP contribution in [0.25, 0.3) is 0 Å². The minimum atomic E-state index is -4.43. The van der Waals surface area contributed by atoms with Gasteiger partial charge >= 0.3 is 12.1 Å². The van der Waals surface area contributed by atoms with E-state index in [0.717, 1.165) is 43.6 Å². The Morgan fingerprint density at radius 3 is 2.26 bits per heavy atom. The largest absolute Gasteiger partial charge is 0.466 e. The number of rotatable bonds is 10. The molecular formula is C26H31F3N2O3. The molecule has 1 heterocycles. The van der Waals surface area contributed by atoms with Crippen molar-refractivity contribution in [3.8, 4) is 0 Å². The first kappa shape index (κ1) is 25.7. The molecule has 184 valence electrons. The van der Waals surface area contributed by atoms with Crippen molar-refractivity contribution in [1.82, 2.24) is 9.80 Å². The standard InChI is InChI=1S/C26H31F3N2O3/c1-2-34-25(33)14-17-31(24(32)18-20-10-12-22(13-11-20)26(27,28)29)23(19-30-15-6-7-16-30)21-8-4-3-5-9-21/h3-5,8-13,23H,2,6-7,14-19H2,1H3/t23-/m1/s1. The van der Waals surface area contributed by atoms with Crippen LogP contribution in [0.2, 0.25) is 0 Å². The molecule has 0 aromatic heterocycles. The second kappa shape index (κ2) is 12.0. The minimum absolute atomic E-state index is 0.0513. The Hall–Kier alpha value is -2.87. The van der Waals surface area contributed by atoms with Gasteiger partial charge in [-0.3, -0.25) is 9.59 Å². The number of hydrogen-bond donors (Lipinski definition) is 0. The number of alkyl halides is 3. The fourth-order valence-corrected chi connectivity index (χ4v) is 4.26. The molecule has 1 aliphatic heterocycles. The zero-order chi connectivity index (χ0) is 24.6. The molecule has 3 rings (SSSR count). The third-order valence-corrected chi connectivity index (χ3v) is 6.01. The second-order valence-electron chi connectivity index (χ2n) is 8.45. The molecule has 1 fully saturated rings. The summed E-state index contributed by atoms with van der Waals surface area (Å²) in [6, 6.07) is 14.0. The summed E-state index contributed by atoms with van der Waals surface area (Å²) >= 11 is 0. The quantitative estimate of drug-likeness (QED) is 0.460. The van der Waals surface area contributed by atoms with Crippen molar-refractivity contribution >= 4 is 11.9 Å². The second-order valence-corrected chi connectivity index (χ2v) is 8.45. The highest BCUT2D eigenvalue weighted by molar-refractivity contribution is 5.80. The Labute approximate surface area is 198 Å². The maximum Gasteiger partial charge on any atom is 0.416 e. The Morgan fingerprint density at radius 2 is 1.68 bits per heavy atom. The molecule has 2 aromatic rings. The molecule has 0 spiro atoms. The highest BCUT2D eigenvalue weighted by Crippen LogP contribution is 2.30. The number of esters is 1. The zero-order valence-electron chi connectivity index (χ0n) is 19.4. The van der Waals surface area contributed by atoms with E-state index in [1.807, 2.05) is 30.3 Å². The predicted molar refractivity (Wildman–Crippen MR) is 123 cm³/mol. The van der Waals surface area contributed by atoms with Crippen molar-refractivity contribution in [2.24, 2.45) is 0 Å². The smallest absolute Gasteiger partial charge is 0.416 e. The molecule has 0 bridgehead atoms. The molecule has 34 heavy (non-hydrogen) atoms. The van der Waals surface area contributed by atoms with Gasteiger partial charge in [-0.05, 0) is 56.1 Å².